The fraction of sp³-hybridized carbons (Fsp3) is 0.167. The summed E-state index contributed by atoms with van der Waals surface area (Å²) in [7, 11) is 0. The van der Waals surface area contributed by atoms with Crippen LogP contribution in [0.2, 0.25) is 0 Å². The van der Waals surface area contributed by atoms with E-state index >= 15 is 0 Å². The summed E-state index contributed by atoms with van der Waals surface area (Å²) in [5.41, 5.74) is 1.57. The lowest BCUT2D eigenvalue weighted by Gasteiger charge is -2.17. The maximum absolute atomic E-state index is 13.7. The summed E-state index contributed by atoms with van der Waals surface area (Å²) in [6.45, 7) is 3.77. The van der Waals surface area contributed by atoms with Gasteiger partial charge in [0.15, 0.2) is 0 Å². The first-order valence-electron chi connectivity index (χ1n) is 7.01. The lowest BCUT2D eigenvalue weighted by Crippen LogP contribution is -2.08. The first-order valence-corrected chi connectivity index (χ1v) is 7.01. The summed E-state index contributed by atoms with van der Waals surface area (Å²) in [4.78, 5) is 4.41. The molecular formula is C18H17FN2. The molecule has 1 aromatic heterocycles. The molecule has 0 aliphatic heterocycles. The fourth-order valence-electron chi connectivity index (χ4n) is 2.40. The number of nitrogens with zero attached hydrogens (tertiary/aromatic N) is 1. The number of benzene rings is 2. The van der Waals surface area contributed by atoms with E-state index < -0.39 is 0 Å². The highest BCUT2D eigenvalue weighted by Crippen LogP contribution is 2.25. The average molecular weight is 280 g/mol. The third-order valence-electron chi connectivity index (χ3n) is 3.72. The highest BCUT2D eigenvalue weighted by Gasteiger charge is 2.10. The third-order valence-corrected chi connectivity index (χ3v) is 3.72. The Labute approximate surface area is 123 Å². The van der Waals surface area contributed by atoms with Gasteiger partial charge in [0, 0.05) is 11.6 Å². The van der Waals surface area contributed by atoms with Gasteiger partial charge >= 0.3 is 0 Å². The molecule has 0 amide bonds. The lowest BCUT2D eigenvalue weighted by atomic mass is 10.1. The molecule has 0 saturated carbocycles. The number of pyridine rings is 1. The van der Waals surface area contributed by atoms with Gasteiger partial charge in [-0.25, -0.2) is 9.37 Å². The van der Waals surface area contributed by atoms with E-state index in [1.807, 2.05) is 37.3 Å². The second-order valence-corrected chi connectivity index (χ2v) is 5.26. The molecule has 3 aromatic rings. The minimum atomic E-state index is -0.174. The van der Waals surface area contributed by atoms with E-state index in [0.29, 0.717) is 5.56 Å². The molecule has 0 fully saturated rings. The molecule has 0 aliphatic rings. The molecule has 1 atom stereocenters. The van der Waals surface area contributed by atoms with Gasteiger partial charge in [0.25, 0.3) is 0 Å². The molecule has 0 aliphatic carbocycles. The van der Waals surface area contributed by atoms with Crippen molar-refractivity contribution in [3.05, 3.63) is 71.7 Å². The smallest absolute Gasteiger partial charge is 0.134 e. The van der Waals surface area contributed by atoms with Crippen molar-refractivity contribution in [2.75, 3.05) is 5.32 Å². The van der Waals surface area contributed by atoms with Gasteiger partial charge < -0.3 is 5.32 Å². The SMILES string of the molecule is Cc1ccc(C(C)Nc2nccc3ccccc23)cc1F. The molecule has 21 heavy (non-hydrogen) atoms. The van der Waals surface area contributed by atoms with Gasteiger partial charge in [-0.3, -0.25) is 0 Å². The number of aromatic nitrogens is 1. The van der Waals surface area contributed by atoms with Gasteiger partial charge in [0.1, 0.15) is 11.6 Å². The minimum Gasteiger partial charge on any atom is -0.363 e. The summed E-state index contributed by atoms with van der Waals surface area (Å²) < 4.78 is 13.7. The second-order valence-electron chi connectivity index (χ2n) is 5.26. The summed E-state index contributed by atoms with van der Waals surface area (Å²) in [5.74, 6) is 0.647. The summed E-state index contributed by atoms with van der Waals surface area (Å²) in [5, 5.41) is 5.58. The summed E-state index contributed by atoms with van der Waals surface area (Å²) in [6, 6.07) is 15.4. The van der Waals surface area contributed by atoms with Gasteiger partial charge in [-0.2, -0.15) is 0 Å². The first kappa shape index (κ1) is 13.6. The van der Waals surface area contributed by atoms with Gasteiger partial charge in [-0.15, -0.1) is 0 Å². The zero-order chi connectivity index (χ0) is 14.8. The molecule has 3 rings (SSSR count). The molecule has 2 nitrogen and oxygen atoms in total. The van der Waals surface area contributed by atoms with Crippen molar-refractivity contribution in [2.45, 2.75) is 19.9 Å². The van der Waals surface area contributed by atoms with Crippen LogP contribution < -0.4 is 5.32 Å². The average Bonchev–Trinajstić information content (AvgIpc) is 2.50. The van der Waals surface area contributed by atoms with Crippen LogP contribution in [0.15, 0.2) is 54.7 Å². The number of fused-ring (bicyclic) bond motifs is 1. The number of anilines is 1. The monoisotopic (exact) mass is 280 g/mol. The number of hydrogen-bond acceptors (Lipinski definition) is 2. The fourth-order valence-corrected chi connectivity index (χ4v) is 2.40. The quantitative estimate of drug-likeness (QED) is 0.741. The van der Waals surface area contributed by atoms with Crippen molar-refractivity contribution >= 4 is 16.6 Å². The number of rotatable bonds is 3. The van der Waals surface area contributed by atoms with Crippen LogP contribution in [-0.2, 0) is 0 Å². The normalized spacial score (nSPS) is 12.3. The van der Waals surface area contributed by atoms with Gasteiger partial charge in [0.2, 0.25) is 0 Å². The molecule has 106 valence electrons. The Morgan fingerprint density at radius 2 is 1.90 bits per heavy atom. The van der Waals surface area contributed by atoms with E-state index in [9.17, 15) is 4.39 Å². The summed E-state index contributed by atoms with van der Waals surface area (Å²) >= 11 is 0. The van der Waals surface area contributed by atoms with Crippen LogP contribution in [-0.4, -0.2) is 4.98 Å². The molecule has 2 aromatic carbocycles. The molecule has 1 N–H and O–H groups in total. The van der Waals surface area contributed by atoms with Crippen molar-refractivity contribution in [1.82, 2.24) is 4.98 Å². The van der Waals surface area contributed by atoms with E-state index in [4.69, 9.17) is 0 Å². The van der Waals surface area contributed by atoms with E-state index in [1.54, 1.807) is 25.3 Å². The van der Waals surface area contributed by atoms with Crippen LogP contribution in [0.1, 0.15) is 24.1 Å². The second kappa shape index (κ2) is 5.52. The topological polar surface area (TPSA) is 24.9 Å². The van der Waals surface area contributed by atoms with E-state index in [1.165, 1.54) is 0 Å². The highest BCUT2D eigenvalue weighted by atomic mass is 19.1. The number of aryl methyl sites for hydroxylation is 1. The molecule has 1 heterocycles. The van der Waals surface area contributed by atoms with Gasteiger partial charge in [-0.1, -0.05) is 36.4 Å². The highest BCUT2D eigenvalue weighted by molar-refractivity contribution is 5.91. The Morgan fingerprint density at radius 1 is 1.10 bits per heavy atom. The number of hydrogen-bond donors (Lipinski definition) is 1. The zero-order valence-electron chi connectivity index (χ0n) is 12.1. The molecule has 3 heteroatoms. The predicted octanol–water partition coefficient (Wildman–Crippen LogP) is 4.86. The van der Waals surface area contributed by atoms with Crippen LogP contribution in [0.3, 0.4) is 0 Å². The van der Waals surface area contributed by atoms with Crippen LogP contribution in [0.25, 0.3) is 10.8 Å². The van der Waals surface area contributed by atoms with Gasteiger partial charge in [-0.05, 0) is 42.5 Å². The van der Waals surface area contributed by atoms with Crippen LogP contribution in [0.4, 0.5) is 10.2 Å². The maximum atomic E-state index is 13.7. The maximum Gasteiger partial charge on any atom is 0.134 e. The Balaban J connectivity index is 1.92. The Morgan fingerprint density at radius 3 is 2.71 bits per heavy atom. The Kier molecular flexibility index (Phi) is 3.57. The minimum absolute atomic E-state index is 0.0154. The van der Waals surface area contributed by atoms with Crippen LogP contribution in [0, 0.1) is 12.7 Å². The number of halogens is 1. The third kappa shape index (κ3) is 2.72. The number of nitrogens with one attached hydrogen (secondary N) is 1. The van der Waals surface area contributed by atoms with E-state index in [2.05, 4.69) is 16.4 Å². The molecule has 0 spiro atoms. The van der Waals surface area contributed by atoms with Crippen molar-refractivity contribution in [3.63, 3.8) is 0 Å². The Hall–Kier alpha value is -2.42. The Bertz CT molecular complexity index is 778. The largest absolute Gasteiger partial charge is 0.363 e. The van der Waals surface area contributed by atoms with Gasteiger partial charge in [0.05, 0.1) is 6.04 Å². The molecule has 0 radical (unpaired) electrons. The van der Waals surface area contributed by atoms with Crippen LogP contribution >= 0.6 is 0 Å². The molecule has 0 saturated heterocycles. The zero-order valence-corrected chi connectivity index (χ0v) is 12.1. The molecule has 1 unspecified atom stereocenters. The van der Waals surface area contributed by atoms with Crippen molar-refractivity contribution in [1.29, 1.82) is 0 Å². The van der Waals surface area contributed by atoms with E-state index in [0.717, 1.165) is 22.2 Å². The van der Waals surface area contributed by atoms with Crippen molar-refractivity contribution < 1.29 is 4.39 Å². The lowest BCUT2D eigenvalue weighted by molar-refractivity contribution is 0.614. The summed E-state index contributed by atoms with van der Waals surface area (Å²) in [6.07, 6.45) is 1.78. The van der Waals surface area contributed by atoms with Crippen LogP contribution in [0.5, 0.6) is 0 Å². The van der Waals surface area contributed by atoms with E-state index in [-0.39, 0.29) is 11.9 Å². The predicted molar refractivity (Wildman–Crippen MR) is 84.9 cm³/mol. The standard InChI is InChI=1S/C18H17FN2/c1-12-7-8-15(11-17(12)19)13(2)21-18-16-6-4-3-5-14(16)9-10-20-18/h3-11,13H,1-2H3,(H,20,21). The van der Waals surface area contributed by atoms with Crippen molar-refractivity contribution in [2.24, 2.45) is 0 Å². The van der Waals surface area contributed by atoms with Crippen molar-refractivity contribution in [3.8, 4) is 0 Å². The first-order chi connectivity index (χ1) is 10.1. The molecule has 0 bridgehead atoms. The molecular weight excluding hydrogens is 263 g/mol.